The number of aromatic amines is 2. The first-order chi connectivity index (χ1) is 24.7. The summed E-state index contributed by atoms with van der Waals surface area (Å²) in [6.45, 7) is 19.7. The number of ether oxygens (including phenoxy) is 2. The van der Waals surface area contributed by atoms with E-state index in [9.17, 15) is 9.59 Å². The number of benzene rings is 3. The molecule has 3 atom stereocenters. The van der Waals surface area contributed by atoms with Gasteiger partial charge in [0.25, 0.3) is 0 Å². The van der Waals surface area contributed by atoms with Crippen LogP contribution in [0.2, 0.25) is 0 Å². The number of nitrogens with zero attached hydrogens (tertiary/aromatic N) is 5. The lowest BCUT2D eigenvalue weighted by Crippen LogP contribution is -2.37. The molecule has 2 N–H and O–H groups in total. The molecule has 0 aliphatic carbocycles. The minimum absolute atomic E-state index is 0.131. The van der Waals surface area contributed by atoms with E-state index in [0.717, 1.165) is 63.1 Å². The first-order valence-corrected chi connectivity index (χ1v) is 17.9. The van der Waals surface area contributed by atoms with Crippen LogP contribution in [0.5, 0.6) is 0 Å². The molecule has 52 heavy (non-hydrogen) atoms. The van der Waals surface area contributed by atoms with Crippen LogP contribution in [0.3, 0.4) is 0 Å². The Labute approximate surface area is 304 Å². The van der Waals surface area contributed by atoms with Crippen LogP contribution in [-0.4, -0.2) is 72.3 Å². The van der Waals surface area contributed by atoms with Gasteiger partial charge < -0.3 is 24.3 Å². The van der Waals surface area contributed by atoms with Crippen molar-refractivity contribution in [2.45, 2.75) is 90.1 Å². The fourth-order valence-electron chi connectivity index (χ4n) is 7.02. The third kappa shape index (κ3) is 7.38. The molecular formula is C41H45N7O4. The summed E-state index contributed by atoms with van der Waals surface area (Å²) < 4.78 is 11.3. The van der Waals surface area contributed by atoms with Crippen molar-refractivity contribution in [2.24, 2.45) is 0 Å². The minimum atomic E-state index is -0.628. The lowest BCUT2D eigenvalue weighted by atomic mass is 9.98. The fraction of sp³-hybridized carbons (Fsp3) is 0.390. The molecule has 2 amide bonds. The first-order valence-electron chi connectivity index (χ1n) is 17.9. The van der Waals surface area contributed by atoms with Gasteiger partial charge in [0.05, 0.1) is 36.2 Å². The van der Waals surface area contributed by atoms with E-state index in [4.69, 9.17) is 16.0 Å². The Kier molecular flexibility index (Phi) is 9.03. The Bertz CT molecular complexity index is 2150. The highest BCUT2D eigenvalue weighted by atomic mass is 16.6. The third-order valence-corrected chi connectivity index (χ3v) is 9.47. The number of aromatic nitrogens is 4. The summed E-state index contributed by atoms with van der Waals surface area (Å²) in [6.07, 6.45) is 5.16. The van der Waals surface area contributed by atoms with Crippen molar-refractivity contribution in [2.75, 3.05) is 13.1 Å². The van der Waals surface area contributed by atoms with Crippen molar-refractivity contribution in [1.82, 2.24) is 29.7 Å². The highest BCUT2D eigenvalue weighted by Crippen LogP contribution is 2.36. The number of carbonyl (C=O) groups is 2. The predicted molar refractivity (Wildman–Crippen MR) is 200 cm³/mol. The third-order valence-electron chi connectivity index (χ3n) is 9.47. The van der Waals surface area contributed by atoms with Gasteiger partial charge in [0.2, 0.25) is 6.04 Å². The number of rotatable bonds is 5. The number of H-pyrrole nitrogens is 2. The van der Waals surface area contributed by atoms with Gasteiger partial charge in [0.1, 0.15) is 35.4 Å². The summed E-state index contributed by atoms with van der Waals surface area (Å²) in [7, 11) is 0. The second kappa shape index (κ2) is 13.5. The summed E-state index contributed by atoms with van der Waals surface area (Å²) in [5.41, 5.74) is 4.77. The van der Waals surface area contributed by atoms with Crippen LogP contribution in [0.25, 0.3) is 49.3 Å². The SMILES string of the molecule is [C-]#[N+][C@H]1C[C@@H](c2ncc(-c3ccc(-c4ccc5cc(-c6cnc([C@@H]7CCCN7C(=O)OC(C)(C)C)[nH]6)ccc5c4)cc3)[nH]2)N(C(=O)OC(C)(C)C)C1. The highest BCUT2D eigenvalue weighted by Gasteiger charge is 2.43. The van der Waals surface area contributed by atoms with Crippen molar-refractivity contribution in [3.05, 3.63) is 96.1 Å². The Balaban J connectivity index is 1.05. The van der Waals surface area contributed by atoms with E-state index in [1.54, 1.807) is 16.0 Å². The standard InChI is InChI=1S/C41H45N7O4/c1-40(2,3)51-38(49)47-18-8-9-34(47)36-43-23-33(46-36)30-17-16-28-19-27(14-15-29(28)20-30)25-10-12-26(13-11-25)32-22-44-37(45-32)35-21-31(42-7)24-48(35)39(50)52-41(4,5)6/h10-17,19-20,22-23,31,34-35H,8-9,18,21,24H2,1-6H3,(H,43,46)(H,44,45)/t31-,34-,35-/m0/s1. The summed E-state index contributed by atoms with van der Waals surface area (Å²) >= 11 is 0. The van der Waals surface area contributed by atoms with E-state index < -0.39 is 17.3 Å². The zero-order chi connectivity index (χ0) is 36.8. The molecule has 2 saturated heterocycles. The van der Waals surface area contributed by atoms with Gasteiger partial charge in [-0.15, -0.1) is 0 Å². The number of hydrogen-bond donors (Lipinski definition) is 2. The van der Waals surface area contributed by atoms with E-state index in [-0.39, 0.29) is 24.2 Å². The summed E-state index contributed by atoms with van der Waals surface area (Å²) in [4.78, 5) is 49.1. The summed E-state index contributed by atoms with van der Waals surface area (Å²) in [5, 5.41) is 2.24. The first kappa shape index (κ1) is 34.8. The van der Waals surface area contributed by atoms with Gasteiger partial charge in [-0.25, -0.2) is 26.1 Å². The zero-order valence-electron chi connectivity index (χ0n) is 30.6. The molecule has 0 bridgehead atoms. The van der Waals surface area contributed by atoms with E-state index >= 15 is 0 Å². The molecular weight excluding hydrogens is 654 g/mol. The van der Waals surface area contributed by atoms with E-state index in [0.29, 0.717) is 25.3 Å². The van der Waals surface area contributed by atoms with E-state index in [2.05, 4.69) is 85.4 Å². The van der Waals surface area contributed by atoms with Gasteiger partial charge in [-0.3, -0.25) is 9.80 Å². The van der Waals surface area contributed by atoms with Crippen LogP contribution in [0.4, 0.5) is 9.59 Å². The normalized spacial score (nSPS) is 19.2. The van der Waals surface area contributed by atoms with E-state index in [1.165, 1.54) is 0 Å². The molecule has 2 aliphatic heterocycles. The Morgan fingerprint density at radius 3 is 1.87 bits per heavy atom. The van der Waals surface area contributed by atoms with Gasteiger partial charge in [0.15, 0.2) is 0 Å². The van der Waals surface area contributed by atoms with Crippen molar-refractivity contribution in [3.8, 4) is 33.6 Å². The smallest absolute Gasteiger partial charge is 0.411 e. The second-order valence-electron chi connectivity index (χ2n) is 15.7. The van der Waals surface area contributed by atoms with Crippen molar-refractivity contribution < 1.29 is 19.1 Å². The highest BCUT2D eigenvalue weighted by molar-refractivity contribution is 5.90. The average Bonchev–Trinajstić information content (AvgIpc) is 3.92. The summed E-state index contributed by atoms with van der Waals surface area (Å²) in [5.74, 6) is 1.43. The van der Waals surface area contributed by atoms with Gasteiger partial charge in [-0.2, -0.15) is 0 Å². The molecule has 11 nitrogen and oxygen atoms in total. The lowest BCUT2D eigenvalue weighted by molar-refractivity contribution is 0.0208. The molecule has 0 unspecified atom stereocenters. The zero-order valence-corrected chi connectivity index (χ0v) is 30.6. The van der Waals surface area contributed by atoms with Crippen molar-refractivity contribution in [3.63, 3.8) is 0 Å². The average molecular weight is 700 g/mol. The lowest BCUT2D eigenvalue weighted by Gasteiger charge is -2.27. The van der Waals surface area contributed by atoms with Gasteiger partial charge >= 0.3 is 12.2 Å². The maximum absolute atomic E-state index is 13.0. The number of fused-ring (bicyclic) bond motifs is 1. The number of likely N-dealkylation sites (tertiary alicyclic amines) is 2. The van der Waals surface area contributed by atoms with Crippen molar-refractivity contribution in [1.29, 1.82) is 0 Å². The van der Waals surface area contributed by atoms with Crippen LogP contribution in [0, 0.1) is 6.57 Å². The number of carbonyl (C=O) groups excluding carboxylic acids is 2. The van der Waals surface area contributed by atoms with Gasteiger partial charge in [-0.1, -0.05) is 48.5 Å². The number of amides is 2. The molecule has 0 spiro atoms. The molecule has 0 radical (unpaired) electrons. The van der Waals surface area contributed by atoms with Crippen LogP contribution in [0.1, 0.15) is 84.5 Å². The number of nitrogens with one attached hydrogen (secondary N) is 2. The molecule has 11 heteroatoms. The number of imidazole rings is 2. The number of hydrogen-bond acceptors (Lipinski definition) is 6. The predicted octanol–water partition coefficient (Wildman–Crippen LogP) is 9.33. The van der Waals surface area contributed by atoms with Crippen molar-refractivity contribution >= 4 is 23.0 Å². The largest absolute Gasteiger partial charge is 0.444 e. The van der Waals surface area contributed by atoms with Crippen LogP contribution < -0.4 is 0 Å². The molecule has 7 rings (SSSR count). The molecule has 0 saturated carbocycles. The molecule has 3 aromatic carbocycles. The maximum atomic E-state index is 13.0. The van der Waals surface area contributed by atoms with Crippen LogP contribution in [0.15, 0.2) is 73.1 Å². The Hall–Kier alpha value is -5.63. The fourth-order valence-corrected chi connectivity index (χ4v) is 7.02. The van der Waals surface area contributed by atoms with E-state index in [1.807, 2.05) is 47.7 Å². The maximum Gasteiger partial charge on any atom is 0.411 e. The molecule has 4 heterocycles. The van der Waals surface area contributed by atoms with Crippen LogP contribution in [-0.2, 0) is 9.47 Å². The Morgan fingerprint density at radius 1 is 0.731 bits per heavy atom. The quantitative estimate of drug-likeness (QED) is 0.176. The molecule has 2 aliphatic rings. The topological polar surface area (TPSA) is 121 Å². The minimum Gasteiger partial charge on any atom is -0.444 e. The molecule has 2 fully saturated rings. The Morgan fingerprint density at radius 2 is 1.25 bits per heavy atom. The summed E-state index contributed by atoms with van der Waals surface area (Å²) in [6, 6.07) is 20.4. The molecule has 2 aromatic heterocycles. The second-order valence-corrected chi connectivity index (χ2v) is 15.7. The van der Waals surface area contributed by atoms with Gasteiger partial charge in [-0.05, 0) is 94.0 Å². The molecule has 5 aromatic rings. The molecule has 268 valence electrons. The van der Waals surface area contributed by atoms with Gasteiger partial charge in [0, 0.05) is 12.1 Å². The monoisotopic (exact) mass is 699 g/mol. The van der Waals surface area contributed by atoms with Crippen LogP contribution >= 0.6 is 0 Å².